The van der Waals surface area contributed by atoms with Crippen molar-refractivity contribution >= 4 is 36.4 Å². The van der Waals surface area contributed by atoms with Crippen LogP contribution in [0.5, 0.6) is 0 Å². The van der Waals surface area contributed by atoms with Gasteiger partial charge in [0.15, 0.2) is 5.78 Å². The summed E-state index contributed by atoms with van der Waals surface area (Å²) in [6.07, 6.45) is 21.7. The average Bonchev–Trinajstić information content (AvgIpc) is 3.75. The smallest absolute Gasteiger partial charge is 0.408 e. The lowest BCUT2D eigenvalue weighted by Gasteiger charge is -2.19. The van der Waals surface area contributed by atoms with Gasteiger partial charge in [-0.25, -0.2) is 4.79 Å². The van der Waals surface area contributed by atoms with E-state index < -0.39 is 11.7 Å². The van der Waals surface area contributed by atoms with Crippen LogP contribution in [0.15, 0.2) is 43.0 Å². The number of allylic oxidation sites excluding steroid dienone is 1. The monoisotopic (exact) mass is 773 g/mol. The Morgan fingerprint density at radius 2 is 1.51 bits per heavy atom. The van der Waals surface area contributed by atoms with E-state index in [1.165, 1.54) is 26.2 Å². The molecule has 0 aromatic heterocycles. The van der Waals surface area contributed by atoms with Gasteiger partial charge in [-0.15, -0.1) is 19.4 Å². The van der Waals surface area contributed by atoms with Crippen LogP contribution in [0.4, 0.5) is 4.79 Å². The number of amides is 4. The maximum absolute atomic E-state index is 11.7. The van der Waals surface area contributed by atoms with E-state index in [1.54, 1.807) is 20.8 Å². The van der Waals surface area contributed by atoms with Crippen LogP contribution < -0.4 is 16.4 Å². The Hall–Kier alpha value is -4.46. The number of nitrogens with zero attached hydrogens (tertiary/aromatic N) is 1. The largest absolute Gasteiger partial charge is 0.444 e. The SMILES string of the molecule is C#C.C=C[C@@H]1C[C@@H]1C(=O)N1CCCC1.CC.CC(N)=O.CCC.CCCC[C@@H](C=O)CCCCC(=O)CNC(=O)OC(C)(C)C.O=CNCc1ccccc1. The molecule has 1 aliphatic carbocycles. The number of unbranched alkanes of at least 4 members (excludes halogenated alkanes) is 2. The Labute approximate surface area is 334 Å². The van der Waals surface area contributed by atoms with Crippen LogP contribution in [0.3, 0.4) is 0 Å². The third-order valence-electron chi connectivity index (χ3n) is 7.34. The van der Waals surface area contributed by atoms with E-state index in [0.29, 0.717) is 37.1 Å². The van der Waals surface area contributed by atoms with Gasteiger partial charge in [-0.3, -0.25) is 19.2 Å². The Morgan fingerprint density at radius 1 is 0.982 bits per heavy atom. The molecule has 0 bridgehead atoms. The average molecular weight is 773 g/mol. The number of nitrogens with one attached hydrogen (secondary N) is 2. The second-order valence-electron chi connectivity index (χ2n) is 13.8. The first-order chi connectivity index (χ1) is 26.2. The molecule has 4 N–H and O–H groups in total. The predicted octanol–water partition coefficient (Wildman–Crippen LogP) is 8.19. The molecule has 0 spiro atoms. The van der Waals surface area contributed by atoms with Gasteiger partial charge in [0.1, 0.15) is 11.9 Å². The summed E-state index contributed by atoms with van der Waals surface area (Å²) in [6.45, 7) is 23.3. The molecule has 2 fully saturated rings. The number of ketones is 1. The molecule has 1 saturated heterocycles. The van der Waals surface area contributed by atoms with Gasteiger partial charge >= 0.3 is 6.09 Å². The molecule has 3 rings (SSSR count). The van der Waals surface area contributed by atoms with E-state index in [9.17, 15) is 28.8 Å². The summed E-state index contributed by atoms with van der Waals surface area (Å²) in [7, 11) is 0. The third-order valence-corrected chi connectivity index (χ3v) is 7.34. The second-order valence-corrected chi connectivity index (χ2v) is 13.8. The van der Waals surface area contributed by atoms with E-state index >= 15 is 0 Å². The van der Waals surface area contributed by atoms with Crippen molar-refractivity contribution in [2.45, 2.75) is 145 Å². The summed E-state index contributed by atoms with van der Waals surface area (Å²) in [4.78, 5) is 66.7. The molecule has 1 aromatic rings. The minimum absolute atomic E-state index is 0.00184. The molecule has 4 amide bonds. The molecule has 1 saturated carbocycles. The molecular weight excluding hydrogens is 697 g/mol. The summed E-state index contributed by atoms with van der Waals surface area (Å²) in [5.74, 6) is 0.924. The number of hydrogen-bond donors (Lipinski definition) is 3. The van der Waals surface area contributed by atoms with Crippen molar-refractivity contribution in [1.29, 1.82) is 0 Å². The van der Waals surface area contributed by atoms with Gasteiger partial charge in [-0.1, -0.05) is 96.7 Å². The predicted molar refractivity (Wildman–Crippen MR) is 226 cm³/mol. The van der Waals surface area contributed by atoms with Crippen molar-refractivity contribution in [1.82, 2.24) is 15.5 Å². The maximum Gasteiger partial charge on any atom is 0.408 e. The highest BCUT2D eigenvalue weighted by molar-refractivity contribution is 5.84. The number of primary amides is 1. The fourth-order valence-electron chi connectivity index (χ4n) is 4.74. The topological polar surface area (TPSA) is 165 Å². The van der Waals surface area contributed by atoms with Gasteiger partial charge in [0.2, 0.25) is 18.2 Å². The van der Waals surface area contributed by atoms with Crippen LogP contribution >= 0.6 is 0 Å². The molecule has 1 aliphatic heterocycles. The summed E-state index contributed by atoms with van der Waals surface area (Å²) in [6, 6.07) is 9.78. The van der Waals surface area contributed by atoms with E-state index in [-0.39, 0.29) is 24.2 Å². The number of benzene rings is 1. The minimum Gasteiger partial charge on any atom is -0.444 e. The zero-order valence-electron chi connectivity index (χ0n) is 35.7. The van der Waals surface area contributed by atoms with Gasteiger partial charge in [-0.2, -0.15) is 0 Å². The quantitative estimate of drug-likeness (QED) is 0.0660. The fraction of sp³-hybridized carbons (Fsp3) is 0.636. The number of likely N-dealkylation sites (tertiary alicyclic amines) is 1. The number of nitrogens with two attached hydrogens (primary N) is 1. The van der Waals surface area contributed by atoms with Gasteiger partial charge in [0.25, 0.3) is 0 Å². The molecule has 3 atom stereocenters. The van der Waals surface area contributed by atoms with Crippen LogP contribution in [0.2, 0.25) is 0 Å². The van der Waals surface area contributed by atoms with Crippen molar-refractivity contribution in [2.75, 3.05) is 19.6 Å². The number of hydrogen-bond acceptors (Lipinski definition) is 7. The molecular formula is C44H76N4O7. The van der Waals surface area contributed by atoms with E-state index in [0.717, 1.165) is 69.9 Å². The molecule has 11 nitrogen and oxygen atoms in total. The molecule has 1 aromatic carbocycles. The Balaban J connectivity index is -0.000000330. The number of carbonyl (C=O) groups excluding carboxylic acids is 6. The lowest BCUT2D eigenvalue weighted by molar-refractivity contribution is -0.131. The Morgan fingerprint density at radius 3 is 1.95 bits per heavy atom. The summed E-state index contributed by atoms with van der Waals surface area (Å²) in [5, 5.41) is 5.04. The van der Waals surface area contributed by atoms with E-state index in [1.807, 2.05) is 55.2 Å². The van der Waals surface area contributed by atoms with Crippen molar-refractivity contribution in [3.8, 4) is 12.8 Å². The van der Waals surface area contributed by atoms with Crippen molar-refractivity contribution in [2.24, 2.45) is 23.5 Å². The molecule has 0 unspecified atom stereocenters. The molecule has 11 heteroatoms. The van der Waals surface area contributed by atoms with Gasteiger partial charge in [0.05, 0.1) is 6.54 Å². The number of terminal acetylenes is 1. The highest BCUT2D eigenvalue weighted by Gasteiger charge is 2.43. The van der Waals surface area contributed by atoms with Crippen LogP contribution in [-0.4, -0.2) is 66.5 Å². The first kappa shape index (κ1) is 57.3. The van der Waals surface area contributed by atoms with Crippen LogP contribution in [-0.2, 0) is 35.3 Å². The minimum atomic E-state index is -0.568. The van der Waals surface area contributed by atoms with E-state index in [2.05, 4.69) is 56.6 Å². The molecule has 314 valence electrons. The molecule has 1 heterocycles. The van der Waals surface area contributed by atoms with Crippen molar-refractivity contribution < 1.29 is 33.5 Å². The number of aldehydes is 1. The lowest BCUT2D eigenvalue weighted by atomic mass is 9.96. The number of carbonyl (C=O) groups is 6. The highest BCUT2D eigenvalue weighted by atomic mass is 16.6. The van der Waals surface area contributed by atoms with Crippen molar-refractivity contribution in [3.05, 3.63) is 48.6 Å². The van der Waals surface area contributed by atoms with Crippen LogP contribution in [0, 0.1) is 30.6 Å². The zero-order valence-corrected chi connectivity index (χ0v) is 35.7. The number of alkyl carbamates (subject to hydrolysis) is 1. The number of Topliss-reactive ketones (excluding diaryl/α,β-unsaturated/α-hetero) is 1. The van der Waals surface area contributed by atoms with Gasteiger partial charge in [-0.05, 0) is 70.8 Å². The first-order valence-corrected chi connectivity index (χ1v) is 19.8. The lowest BCUT2D eigenvalue weighted by Crippen LogP contribution is -2.35. The van der Waals surface area contributed by atoms with Crippen molar-refractivity contribution in [3.63, 3.8) is 0 Å². The second kappa shape index (κ2) is 39.2. The van der Waals surface area contributed by atoms with Crippen LogP contribution in [0.1, 0.15) is 139 Å². The molecule has 0 radical (unpaired) electrons. The number of rotatable bonds is 16. The standard InChI is InChI=1S/C17H31NO4.C10H15NO.C8H9NO.C3H8.C2H5NO.C2H6.C2H2/c1-5-6-9-14(13-19)10-7-8-11-15(20)12-18-16(21)22-17(2,3)4;1-2-8-7-9(8)10(12)11-5-3-4-6-11;10-7-9-6-8-4-2-1-3-5-8;1-3-2;1-2(3)4;2*1-2/h13-14H,5-12H2,1-4H3,(H,18,21);2,8-9H,1,3-7H2;1-5,7H,6H2,(H,9,10);3H2,1-2H3;1H3,(H2,3,4);1-2H3;1-2H/t14-;8-,9+;;;;;/m11...../s1. The Kier molecular flexibility index (Phi) is 40.9. The fourth-order valence-corrected chi connectivity index (χ4v) is 4.74. The molecule has 55 heavy (non-hydrogen) atoms. The van der Waals surface area contributed by atoms with Gasteiger partial charge < -0.3 is 30.8 Å². The summed E-state index contributed by atoms with van der Waals surface area (Å²) < 4.78 is 5.06. The normalized spacial score (nSPS) is 14.9. The zero-order chi connectivity index (χ0) is 43.1. The van der Waals surface area contributed by atoms with Gasteiger partial charge in [0, 0.05) is 44.8 Å². The number of ether oxygens (including phenoxy) is 1. The van der Waals surface area contributed by atoms with Crippen LogP contribution in [0.25, 0.3) is 0 Å². The Bertz CT molecular complexity index is 1160. The highest BCUT2D eigenvalue weighted by Crippen LogP contribution is 2.41. The molecule has 2 aliphatic rings. The van der Waals surface area contributed by atoms with E-state index in [4.69, 9.17) is 4.74 Å². The maximum atomic E-state index is 11.7. The first-order valence-electron chi connectivity index (χ1n) is 19.8. The summed E-state index contributed by atoms with van der Waals surface area (Å²) >= 11 is 0. The third kappa shape index (κ3) is 39.1. The summed E-state index contributed by atoms with van der Waals surface area (Å²) in [5.41, 5.74) is 5.03.